The van der Waals surface area contributed by atoms with Crippen LogP contribution in [-0.4, -0.2) is 20.3 Å². The Kier molecular flexibility index (Phi) is 3.96. The lowest BCUT2D eigenvalue weighted by molar-refractivity contribution is -0.137. The molecule has 0 fully saturated rings. The van der Waals surface area contributed by atoms with Crippen molar-refractivity contribution in [1.82, 2.24) is 14.4 Å². The second-order valence-corrected chi connectivity index (χ2v) is 5.14. The van der Waals surface area contributed by atoms with Crippen LogP contribution in [0.5, 0.6) is 0 Å². The number of alkyl halides is 3. The molecule has 0 saturated heterocycles. The van der Waals surface area contributed by atoms with Gasteiger partial charge in [-0.3, -0.25) is 4.40 Å². The second kappa shape index (κ2) is 5.95. The predicted octanol–water partition coefficient (Wildman–Crippen LogP) is 3.67. The number of imidazole rings is 1. The number of esters is 1. The molecule has 0 N–H and O–H groups in total. The predicted molar refractivity (Wildman–Crippen MR) is 78.3 cm³/mol. The van der Waals surface area contributed by atoms with Crippen LogP contribution in [0.25, 0.3) is 5.78 Å². The van der Waals surface area contributed by atoms with Crippen molar-refractivity contribution < 1.29 is 22.7 Å². The number of halogens is 3. The fourth-order valence-corrected chi connectivity index (χ4v) is 2.16. The average Bonchev–Trinajstić information content (AvgIpc) is 3.01. The molecule has 0 unspecified atom stereocenters. The van der Waals surface area contributed by atoms with Gasteiger partial charge in [0.1, 0.15) is 6.10 Å². The maximum Gasteiger partial charge on any atom is 0.416 e. The Morgan fingerprint density at radius 3 is 2.58 bits per heavy atom. The lowest BCUT2D eigenvalue weighted by Gasteiger charge is -2.14. The lowest BCUT2D eigenvalue weighted by Crippen LogP contribution is -2.11. The van der Waals surface area contributed by atoms with Crippen LogP contribution < -0.4 is 0 Å². The number of hydrogen-bond donors (Lipinski definition) is 0. The summed E-state index contributed by atoms with van der Waals surface area (Å²) in [6.07, 6.45) is 0.949. The highest BCUT2D eigenvalue weighted by atomic mass is 19.4. The summed E-state index contributed by atoms with van der Waals surface area (Å²) in [5.41, 5.74) is -0.0631. The molecule has 2 aromatic heterocycles. The molecular weight excluding hydrogens is 323 g/mol. The van der Waals surface area contributed by atoms with E-state index in [0.29, 0.717) is 11.3 Å². The van der Waals surface area contributed by atoms with Crippen molar-refractivity contribution in [3.63, 3.8) is 0 Å². The smallest absolute Gasteiger partial charge is 0.416 e. The molecule has 0 saturated carbocycles. The van der Waals surface area contributed by atoms with Gasteiger partial charge in [-0.1, -0.05) is 12.1 Å². The summed E-state index contributed by atoms with van der Waals surface area (Å²) < 4.78 is 44.5. The van der Waals surface area contributed by atoms with Gasteiger partial charge in [0.05, 0.1) is 11.1 Å². The minimum Gasteiger partial charge on any atom is -0.454 e. The van der Waals surface area contributed by atoms with Gasteiger partial charge in [-0.05, 0) is 24.6 Å². The highest BCUT2D eigenvalue weighted by Gasteiger charge is 2.30. The van der Waals surface area contributed by atoms with Gasteiger partial charge in [0.2, 0.25) is 5.78 Å². The van der Waals surface area contributed by atoms with Crippen LogP contribution in [0, 0.1) is 0 Å². The van der Waals surface area contributed by atoms with Crippen LogP contribution >= 0.6 is 0 Å². The van der Waals surface area contributed by atoms with Gasteiger partial charge in [-0.2, -0.15) is 13.2 Å². The molecule has 0 aliphatic heterocycles. The van der Waals surface area contributed by atoms with E-state index in [1.165, 1.54) is 24.5 Å². The van der Waals surface area contributed by atoms with Crippen LogP contribution in [0.1, 0.15) is 34.5 Å². The molecule has 0 spiro atoms. The SMILES string of the molecule is C[C@@H](OC(=O)c1cnc2nccn2c1)c1ccc(C(F)(F)F)cc1. The van der Waals surface area contributed by atoms with Crippen molar-refractivity contribution in [3.05, 3.63) is 65.7 Å². The molecular formula is C16H12F3N3O2. The normalized spacial score (nSPS) is 13.0. The molecule has 8 heteroatoms. The first-order valence-corrected chi connectivity index (χ1v) is 7.01. The zero-order valence-corrected chi connectivity index (χ0v) is 12.5. The maximum absolute atomic E-state index is 12.6. The summed E-state index contributed by atoms with van der Waals surface area (Å²) in [5, 5.41) is 0. The summed E-state index contributed by atoms with van der Waals surface area (Å²) in [6.45, 7) is 1.59. The molecule has 0 aliphatic carbocycles. The van der Waals surface area contributed by atoms with E-state index in [1.807, 2.05) is 0 Å². The second-order valence-electron chi connectivity index (χ2n) is 5.14. The highest BCUT2D eigenvalue weighted by molar-refractivity contribution is 5.89. The minimum atomic E-state index is -4.40. The van der Waals surface area contributed by atoms with Crippen molar-refractivity contribution >= 4 is 11.7 Å². The monoisotopic (exact) mass is 335 g/mol. The van der Waals surface area contributed by atoms with E-state index in [9.17, 15) is 18.0 Å². The molecule has 3 rings (SSSR count). The van der Waals surface area contributed by atoms with E-state index in [1.54, 1.807) is 23.7 Å². The van der Waals surface area contributed by atoms with E-state index >= 15 is 0 Å². The highest BCUT2D eigenvalue weighted by Crippen LogP contribution is 2.30. The Balaban J connectivity index is 1.73. The van der Waals surface area contributed by atoms with Crippen molar-refractivity contribution in [2.45, 2.75) is 19.2 Å². The first-order chi connectivity index (χ1) is 11.3. The van der Waals surface area contributed by atoms with Gasteiger partial charge in [-0.15, -0.1) is 0 Å². The average molecular weight is 335 g/mol. The summed E-state index contributed by atoms with van der Waals surface area (Å²) in [5.74, 6) is -0.173. The van der Waals surface area contributed by atoms with Crippen LogP contribution in [0.15, 0.2) is 49.1 Å². The number of aromatic nitrogens is 3. The van der Waals surface area contributed by atoms with E-state index in [-0.39, 0.29) is 5.56 Å². The third kappa shape index (κ3) is 3.22. The summed E-state index contributed by atoms with van der Waals surface area (Å²) in [4.78, 5) is 20.1. The Morgan fingerprint density at radius 1 is 1.21 bits per heavy atom. The Bertz CT molecular complexity index is 872. The summed E-state index contributed by atoms with van der Waals surface area (Å²) in [6, 6.07) is 4.49. The zero-order chi connectivity index (χ0) is 17.3. The molecule has 0 aliphatic rings. The molecule has 1 aromatic carbocycles. The fourth-order valence-electron chi connectivity index (χ4n) is 2.16. The minimum absolute atomic E-state index is 0.222. The van der Waals surface area contributed by atoms with E-state index < -0.39 is 23.8 Å². The molecule has 0 radical (unpaired) electrons. The van der Waals surface area contributed by atoms with E-state index in [2.05, 4.69) is 9.97 Å². The molecule has 2 heterocycles. The molecule has 124 valence electrons. The van der Waals surface area contributed by atoms with Crippen LogP contribution in [0.4, 0.5) is 13.2 Å². The number of nitrogens with zero attached hydrogens (tertiary/aromatic N) is 3. The topological polar surface area (TPSA) is 56.5 Å². The largest absolute Gasteiger partial charge is 0.454 e. The summed E-state index contributed by atoms with van der Waals surface area (Å²) >= 11 is 0. The van der Waals surface area contributed by atoms with Gasteiger partial charge in [0, 0.05) is 24.8 Å². The number of carbonyl (C=O) groups excluding carboxylic acids is 1. The summed E-state index contributed by atoms with van der Waals surface area (Å²) in [7, 11) is 0. The molecule has 0 bridgehead atoms. The van der Waals surface area contributed by atoms with Gasteiger partial charge in [-0.25, -0.2) is 14.8 Å². The van der Waals surface area contributed by atoms with Crippen LogP contribution in [-0.2, 0) is 10.9 Å². The molecule has 24 heavy (non-hydrogen) atoms. The Labute approximate surface area is 134 Å². The van der Waals surface area contributed by atoms with Gasteiger partial charge in [0.25, 0.3) is 0 Å². The third-order valence-electron chi connectivity index (χ3n) is 3.47. The standard InChI is InChI=1S/C16H12F3N3O2/c1-10(11-2-4-13(5-3-11)16(17,18)19)24-14(23)12-8-21-15-20-6-7-22(15)9-12/h2-10H,1H3/t10-/m1/s1. The number of ether oxygens (including phenoxy) is 1. The molecule has 3 aromatic rings. The van der Waals surface area contributed by atoms with Crippen molar-refractivity contribution in [2.75, 3.05) is 0 Å². The number of hydrogen-bond acceptors (Lipinski definition) is 4. The third-order valence-corrected chi connectivity index (χ3v) is 3.47. The zero-order valence-electron chi connectivity index (χ0n) is 12.5. The lowest BCUT2D eigenvalue weighted by atomic mass is 10.1. The number of carbonyl (C=O) groups is 1. The number of fused-ring (bicyclic) bond motifs is 1. The maximum atomic E-state index is 12.6. The van der Waals surface area contributed by atoms with Gasteiger partial charge < -0.3 is 4.74 Å². The molecule has 0 amide bonds. The Morgan fingerprint density at radius 2 is 1.92 bits per heavy atom. The molecule has 1 atom stereocenters. The molecule has 5 nitrogen and oxygen atoms in total. The van der Waals surface area contributed by atoms with E-state index in [0.717, 1.165) is 12.1 Å². The fraction of sp³-hybridized carbons (Fsp3) is 0.188. The van der Waals surface area contributed by atoms with Crippen molar-refractivity contribution in [1.29, 1.82) is 0 Å². The van der Waals surface area contributed by atoms with Crippen LogP contribution in [0.2, 0.25) is 0 Å². The number of benzene rings is 1. The van der Waals surface area contributed by atoms with Gasteiger partial charge in [0.15, 0.2) is 0 Å². The first kappa shape index (κ1) is 16.0. The van der Waals surface area contributed by atoms with Crippen molar-refractivity contribution in [3.8, 4) is 0 Å². The van der Waals surface area contributed by atoms with E-state index in [4.69, 9.17) is 4.74 Å². The first-order valence-electron chi connectivity index (χ1n) is 7.01. The van der Waals surface area contributed by atoms with Crippen molar-refractivity contribution in [2.24, 2.45) is 0 Å². The van der Waals surface area contributed by atoms with Gasteiger partial charge >= 0.3 is 12.1 Å². The quantitative estimate of drug-likeness (QED) is 0.685. The number of rotatable bonds is 3. The Hall–Kier alpha value is -2.90. The van der Waals surface area contributed by atoms with Crippen LogP contribution in [0.3, 0.4) is 0 Å².